The quantitative estimate of drug-likeness (QED) is 0.602. The minimum absolute atomic E-state index is 0.0462. The second-order valence-electron chi connectivity index (χ2n) is 5.93. The van der Waals surface area contributed by atoms with Crippen LogP contribution in [-0.2, 0) is 6.18 Å². The van der Waals surface area contributed by atoms with Crippen LogP contribution in [0.5, 0.6) is 0 Å². The van der Waals surface area contributed by atoms with Gasteiger partial charge in [-0.15, -0.1) is 11.8 Å². The molecular formula is C16H18ClF3N4OS. The molecule has 2 aromatic rings. The van der Waals surface area contributed by atoms with E-state index in [1.807, 2.05) is 11.8 Å². The number of fused-ring (bicyclic) bond motifs is 1. The molecule has 1 aromatic heterocycles. The lowest BCUT2D eigenvalue weighted by Crippen LogP contribution is -2.50. The summed E-state index contributed by atoms with van der Waals surface area (Å²) in [5.74, 6) is 0. The first-order valence-corrected chi connectivity index (χ1v) is 9.57. The Morgan fingerprint density at radius 3 is 2.81 bits per heavy atom. The number of benzene rings is 1. The number of aromatic nitrogens is 1. The maximum atomic E-state index is 13.6. The van der Waals surface area contributed by atoms with Crippen molar-refractivity contribution in [3.05, 3.63) is 22.2 Å². The van der Waals surface area contributed by atoms with Gasteiger partial charge in [0.2, 0.25) is 0 Å². The monoisotopic (exact) mass is 406 g/mol. The molecule has 0 radical (unpaired) electrons. The molecule has 142 valence electrons. The number of oxazole rings is 1. The predicted molar refractivity (Wildman–Crippen MR) is 99.7 cm³/mol. The zero-order valence-corrected chi connectivity index (χ0v) is 16.0. The van der Waals surface area contributed by atoms with Crippen molar-refractivity contribution in [1.82, 2.24) is 10.3 Å². The maximum absolute atomic E-state index is 13.6. The molecule has 3 rings (SSSR count). The standard InChI is InChI=1S/C16H18ClF3N4OS/c1-8-7-22-4-5-24(8)15-23-12-11(16(18,19)20)10(17)6-9(13(12)25-15)14(21-2)26-3/h6,8,22H,4-5,7H2,1-3H3. The van der Waals surface area contributed by atoms with Gasteiger partial charge < -0.3 is 14.6 Å². The summed E-state index contributed by atoms with van der Waals surface area (Å²) in [7, 11) is 1.57. The number of hydrogen-bond donors (Lipinski definition) is 1. The van der Waals surface area contributed by atoms with Crippen molar-refractivity contribution in [3.8, 4) is 0 Å². The summed E-state index contributed by atoms with van der Waals surface area (Å²) in [6.07, 6.45) is -2.85. The van der Waals surface area contributed by atoms with Gasteiger partial charge in [0.15, 0.2) is 5.58 Å². The van der Waals surface area contributed by atoms with E-state index in [4.69, 9.17) is 16.0 Å². The number of nitrogens with zero attached hydrogens (tertiary/aromatic N) is 3. The molecule has 5 nitrogen and oxygen atoms in total. The topological polar surface area (TPSA) is 53.7 Å². The molecule has 0 amide bonds. The number of piperazine rings is 1. The van der Waals surface area contributed by atoms with Crippen molar-refractivity contribution in [2.45, 2.75) is 19.1 Å². The summed E-state index contributed by atoms with van der Waals surface area (Å²) < 4.78 is 46.6. The molecule has 10 heteroatoms. The van der Waals surface area contributed by atoms with Gasteiger partial charge in [0.25, 0.3) is 6.01 Å². The molecule has 1 N–H and O–H groups in total. The zero-order chi connectivity index (χ0) is 19.1. The molecule has 0 spiro atoms. The Morgan fingerprint density at radius 1 is 1.50 bits per heavy atom. The van der Waals surface area contributed by atoms with Crippen LogP contribution in [-0.4, -0.2) is 49.0 Å². The summed E-state index contributed by atoms with van der Waals surface area (Å²) in [6.45, 7) is 3.95. The molecule has 2 heterocycles. The highest BCUT2D eigenvalue weighted by atomic mass is 35.5. The highest BCUT2D eigenvalue weighted by molar-refractivity contribution is 8.13. The Labute approximate surface area is 158 Å². The molecule has 1 aliphatic rings. The molecular weight excluding hydrogens is 389 g/mol. The van der Waals surface area contributed by atoms with E-state index < -0.39 is 16.8 Å². The summed E-state index contributed by atoms with van der Waals surface area (Å²) in [6, 6.07) is 1.46. The molecule has 1 aromatic carbocycles. The number of thioether (sulfide) groups is 1. The van der Waals surface area contributed by atoms with Crippen molar-refractivity contribution in [1.29, 1.82) is 0 Å². The number of anilines is 1. The maximum Gasteiger partial charge on any atom is 0.420 e. The second kappa shape index (κ2) is 7.28. The van der Waals surface area contributed by atoms with Crippen molar-refractivity contribution >= 4 is 45.5 Å². The fourth-order valence-electron chi connectivity index (χ4n) is 3.04. The normalized spacial score (nSPS) is 19.4. The first kappa shape index (κ1) is 19.3. The van der Waals surface area contributed by atoms with Crippen LogP contribution in [0.3, 0.4) is 0 Å². The highest BCUT2D eigenvalue weighted by Gasteiger charge is 2.39. The predicted octanol–water partition coefficient (Wildman–Crippen LogP) is 4.04. The Hall–Kier alpha value is -1.45. The lowest BCUT2D eigenvalue weighted by Gasteiger charge is -2.32. The Kier molecular flexibility index (Phi) is 5.41. The first-order valence-electron chi connectivity index (χ1n) is 7.96. The van der Waals surface area contributed by atoms with Crippen LogP contribution in [0.25, 0.3) is 11.1 Å². The van der Waals surface area contributed by atoms with Crippen LogP contribution >= 0.6 is 23.4 Å². The van der Waals surface area contributed by atoms with Gasteiger partial charge in [-0.3, -0.25) is 4.99 Å². The number of rotatable bonds is 2. The third-order valence-corrected chi connectivity index (χ3v) is 5.35. The number of nitrogens with one attached hydrogen (secondary N) is 1. The fraction of sp³-hybridized carbons (Fsp3) is 0.500. The molecule has 1 saturated heterocycles. The van der Waals surface area contributed by atoms with Crippen molar-refractivity contribution in [2.24, 2.45) is 4.99 Å². The molecule has 1 atom stereocenters. The Bertz CT molecular complexity index is 852. The van der Waals surface area contributed by atoms with E-state index in [0.29, 0.717) is 30.2 Å². The van der Waals surface area contributed by atoms with Crippen LogP contribution in [0.1, 0.15) is 18.1 Å². The van der Waals surface area contributed by atoms with Crippen LogP contribution in [0.4, 0.5) is 19.2 Å². The van der Waals surface area contributed by atoms with Gasteiger partial charge >= 0.3 is 6.18 Å². The van der Waals surface area contributed by atoms with E-state index in [2.05, 4.69) is 15.3 Å². The zero-order valence-electron chi connectivity index (χ0n) is 14.4. The largest absolute Gasteiger partial charge is 0.423 e. The summed E-state index contributed by atoms with van der Waals surface area (Å²) in [5.41, 5.74) is -0.796. The molecule has 0 aliphatic carbocycles. The van der Waals surface area contributed by atoms with Gasteiger partial charge in [-0.1, -0.05) is 11.6 Å². The van der Waals surface area contributed by atoms with E-state index in [1.165, 1.54) is 17.8 Å². The summed E-state index contributed by atoms with van der Waals surface area (Å²) >= 11 is 7.29. The molecule has 0 saturated carbocycles. The number of alkyl halides is 3. The summed E-state index contributed by atoms with van der Waals surface area (Å²) in [4.78, 5) is 10.2. The lowest BCUT2D eigenvalue weighted by atomic mass is 10.1. The van der Waals surface area contributed by atoms with Crippen molar-refractivity contribution in [3.63, 3.8) is 0 Å². The molecule has 0 bridgehead atoms. The van der Waals surface area contributed by atoms with Gasteiger partial charge in [0, 0.05) is 32.7 Å². The third-order valence-electron chi connectivity index (χ3n) is 4.26. The first-order chi connectivity index (χ1) is 12.3. The Balaban J connectivity index is 2.28. The average molecular weight is 407 g/mol. The number of halogens is 4. The molecule has 1 unspecified atom stereocenters. The second-order valence-corrected chi connectivity index (χ2v) is 7.13. The molecule has 1 fully saturated rings. The van der Waals surface area contributed by atoms with Gasteiger partial charge in [0.1, 0.15) is 16.1 Å². The molecule has 26 heavy (non-hydrogen) atoms. The van der Waals surface area contributed by atoms with Crippen LogP contribution in [0, 0.1) is 0 Å². The number of hydrogen-bond acceptors (Lipinski definition) is 6. The van der Waals surface area contributed by atoms with E-state index in [1.54, 1.807) is 13.3 Å². The average Bonchev–Trinajstić information content (AvgIpc) is 2.99. The van der Waals surface area contributed by atoms with Crippen molar-refractivity contribution in [2.75, 3.05) is 37.8 Å². The van der Waals surface area contributed by atoms with Gasteiger partial charge in [0.05, 0.1) is 10.6 Å². The van der Waals surface area contributed by atoms with E-state index in [-0.39, 0.29) is 23.2 Å². The number of aliphatic imine (C=N–C) groups is 1. The van der Waals surface area contributed by atoms with E-state index in [0.717, 1.165) is 0 Å². The third kappa shape index (κ3) is 3.39. The van der Waals surface area contributed by atoms with Gasteiger partial charge in [-0.2, -0.15) is 18.2 Å². The summed E-state index contributed by atoms with van der Waals surface area (Å²) in [5, 5.41) is 3.34. The smallest absolute Gasteiger partial charge is 0.420 e. The van der Waals surface area contributed by atoms with Crippen LogP contribution in [0.2, 0.25) is 5.02 Å². The fourth-order valence-corrected chi connectivity index (χ4v) is 3.90. The van der Waals surface area contributed by atoms with E-state index >= 15 is 0 Å². The van der Waals surface area contributed by atoms with Crippen LogP contribution < -0.4 is 10.2 Å². The Morgan fingerprint density at radius 2 is 2.23 bits per heavy atom. The minimum Gasteiger partial charge on any atom is -0.423 e. The lowest BCUT2D eigenvalue weighted by molar-refractivity contribution is -0.136. The SMILES string of the molecule is CN=C(SC)c1cc(Cl)c(C(F)(F)F)c2nc(N3CCNCC3C)oc12. The highest BCUT2D eigenvalue weighted by Crippen LogP contribution is 2.42. The van der Waals surface area contributed by atoms with Gasteiger partial charge in [-0.25, -0.2) is 0 Å². The van der Waals surface area contributed by atoms with Crippen LogP contribution in [0.15, 0.2) is 15.5 Å². The van der Waals surface area contributed by atoms with E-state index in [9.17, 15) is 13.2 Å². The minimum atomic E-state index is -4.64. The molecule has 1 aliphatic heterocycles. The van der Waals surface area contributed by atoms with Crippen molar-refractivity contribution < 1.29 is 17.6 Å². The van der Waals surface area contributed by atoms with Gasteiger partial charge in [-0.05, 0) is 19.2 Å².